The lowest BCUT2D eigenvalue weighted by atomic mass is 9.74. The summed E-state index contributed by atoms with van der Waals surface area (Å²) in [6.07, 6.45) is 4.47. The SMILES string of the molecule is C=CCC1C[C@H]2C[C@H]3CCC[C@@H](C[C@@H](O)CC(=O)O[C@@H](CO)C[C@@H]4C/C(=C\C(=O)OC)[C@H](OC(C)=O)[C@@](O)(O4)C(C)(C)/C=C/[C@@H](O1)O2)O3. The molecule has 10 atom stereocenters. The fourth-order valence-corrected chi connectivity index (χ4v) is 6.99. The molecule has 3 fully saturated rings. The number of cyclic esters (lactones) is 1. The smallest absolute Gasteiger partial charge is 0.330 e. The lowest BCUT2D eigenvalue weighted by Crippen LogP contribution is -2.62. The highest BCUT2D eigenvalue weighted by Crippen LogP contribution is 2.47. The Labute approximate surface area is 282 Å². The lowest BCUT2D eigenvalue weighted by molar-refractivity contribution is -0.327. The van der Waals surface area contributed by atoms with Gasteiger partial charge in [-0.2, -0.15) is 0 Å². The molecule has 13 heteroatoms. The molecule has 0 radical (unpaired) electrons. The Bertz CT molecular complexity index is 1200. The van der Waals surface area contributed by atoms with Crippen molar-refractivity contribution in [3.63, 3.8) is 0 Å². The summed E-state index contributed by atoms with van der Waals surface area (Å²) in [7, 11) is 1.20. The van der Waals surface area contributed by atoms with Crippen LogP contribution in [0.1, 0.15) is 85.0 Å². The van der Waals surface area contributed by atoms with Crippen LogP contribution in [0.5, 0.6) is 0 Å². The first-order chi connectivity index (χ1) is 22.7. The van der Waals surface area contributed by atoms with E-state index in [0.717, 1.165) is 25.3 Å². The number of hydrogen-bond donors (Lipinski definition) is 3. The molecule has 4 aliphatic heterocycles. The fourth-order valence-electron chi connectivity index (χ4n) is 6.99. The average Bonchev–Trinajstić information content (AvgIpc) is 3.01. The van der Waals surface area contributed by atoms with Gasteiger partial charge in [0.15, 0.2) is 12.4 Å². The normalized spacial score (nSPS) is 39.4. The van der Waals surface area contributed by atoms with E-state index in [9.17, 15) is 29.7 Å². The van der Waals surface area contributed by atoms with Crippen LogP contribution in [0.3, 0.4) is 0 Å². The first-order valence-corrected chi connectivity index (χ1v) is 16.9. The lowest BCUT2D eigenvalue weighted by Gasteiger charge is -2.51. The molecule has 13 nitrogen and oxygen atoms in total. The molecule has 1 unspecified atom stereocenters. The summed E-state index contributed by atoms with van der Waals surface area (Å²) in [6.45, 7) is 7.82. The van der Waals surface area contributed by atoms with Gasteiger partial charge in [0.05, 0.1) is 56.8 Å². The van der Waals surface area contributed by atoms with E-state index in [1.807, 2.05) is 0 Å². The van der Waals surface area contributed by atoms with Gasteiger partial charge in [-0.25, -0.2) is 4.79 Å². The minimum absolute atomic E-state index is 0.0221. The van der Waals surface area contributed by atoms with Crippen molar-refractivity contribution in [2.75, 3.05) is 13.7 Å². The number of aliphatic hydroxyl groups is 3. The van der Waals surface area contributed by atoms with Crippen molar-refractivity contribution in [2.45, 2.75) is 146 Å². The molecule has 6 bridgehead atoms. The molecule has 270 valence electrons. The van der Waals surface area contributed by atoms with Gasteiger partial charge in [-0.3, -0.25) is 9.59 Å². The zero-order valence-electron chi connectivity index (χ0n) is 28.4. The van der Waals surface area contributed by atoms with Crippen LogP contribution in [-0.2, 0) is 47.5 Å². The molecule has 0 aromatic rings. The molecule has 0 aromatic carbocycles. The Kier molecular flexibility index (Phi) is 13.4. The van der Waals surface area contributed by atoms with Gasteiger partial charge in [0, 0.05) is 44.1 Å². The Balaban J connectivity index is 1.74. The average molecular weight is 681 g/mol. The zero-order valence-corrected chi connectivity index (χ0v) is 28.4. The van der Waals surface area contributed by atoms with Crippen LogP contribution >= 0.6 is 0 Å². The fraction of sp³-hybridized carbons (Fsp3) is 0.743. The Morgan fingerprint density at radius 3 is 2.40 bits per heavy atom. The first kappa shape index (κ1) is 38.2. The number of aliphatic hydroxyl groups excluding tert-OH is 2. The van der Waals surface area contributed by atoms with E-state index in [1.165, 1.54) is 14.0 Å². The van der Waals surface area contributed by atoms with Gasteiger partial charge in [0.2, 0.25) is 5.79 Å². The van der Waals surface area contributed by atoms with Crippen molar-refractivity contribution in [2.24, 2.45) is 5.41 Å². The van der Waals surface area contributed by atoms with Gasteiger partial charge in [-0.05, 0) is 43.8 Å². The molecule has 4 rings (SSSR count). The molecule has 0 aliphatic carbocycles. The standard InChI is InChI=1S/C35H52O13/c1-6-8-24-17-27-18-26-10-7-9-25(44-26)15-23(38)16-31(40)45-29(20-36)19-28-13-22(14-30(39)42-5)33(43-21(2)37)35(41,48-28)34(3,4)12-11-32(46-24)47-27/h6,11-12,14,23-29,32-33,36,38,41H,1,7-10,13,15-20H2,2-5H3/b12-11+,22-14+/t23-,24?,25+,26-,27+,28+,29-,32+,33+,35-/m1/s1. The molecule has 3 N–H and O–H groups in total. The number of ether oxygens (including phenoxy) is 7. The summed E-state index contributed by atoms with van der Waals surface area (Å²) in [5.74, 6) is -4.44. The molecule has 0 spiro atoms. The molecule has 48 heavy (non-hydrogen) atoms. The molecule has 0 aromatic heterocycles. The van der Waals surface area contributed by atoms with E-state index >= 15 is 0 Å². The minimum atomic E-state index is -2.27. The van der Waals surface area contributed by atoms with Crippen molar-refractivity contribution in [1.29, 1.82) is 0 Å². The highest BCUT2D eigenvalue weighted by atomic mass is 16.7. The second-order valence-corrected chi connectivity index (χ2v) is 13.8. The van der Waals surface area contributed by atoms with Crippen molar-refractivity contribution in [1.82, 2.24) is 0 Å². The summed E-state index contributed by atoms with van der Waals surface area (Å²) in [5, 5.41) is 33.3. The van der Waals surface area contributed by atoms with Crippen LogP contribution in [0, 0.1) is 5.41 Å². The van der Waals surface area contributed by atoms with E-state index in [2.05, 4.69) is 6.58 Å². The van der Waals surface area contributed by atoms with E-state index < -0.39 is 66.4 Å². The first-order valence-electron chi connectivity index (χ1n) is 16.9. The molecule has 0 amide bonds. The van der Waals surface area contributed by atoms with Crippen molar-refractivity contribution < 1.29 is 62.9 Å². The van der Waals surface area contributed by atoms with Crippen LogP contribution < -0.4 is 0 Å². The maximum absolute atomic E-state index is 12.9. The second-order valence-electron chi connectivity index (χ2n) is 13.8. The number of rotatable bonds is 5. The van der Waals surface area contributed by atoms with E-state index in [4.69, 9.17) is 33.2 Å². The molecule has 4 heterocycles. The van der Waals surface area contributed by atoms with Gasteiger partial charge in [-0.1, -0.05) is 26.0 Å². The Hall–Kier alpha value is -2.65. The Morgan fingerprint density at radius 2 is 1.73 bits per heavy atom. The quantitative estimate of drug-likeness (QED) is 0.167. The number of esters is 3. The monoisotopic (exact) mass is 680 g/mol. The third kappa shape index (κ3) is 9.96. The van der Waals surface area contributed by atoms with Crippen molar-refractivity contribution in [3.8, 4) is 0 Å². The summed E-state index contributed by atoms with van der Waals surface area (Å²) in [5.41, 5.74) is -1.11. The maximum atomic E-state index is 12.9. The van der Waals surface area contributed by atoms with E-state index in [-0.39, 0.29) is 55.7 Å². The van der Waals surface area contributed by atoms with Gasteiger partial charge in [0.1, 0.15) is 6.10 Å². The van der Waals surface area contributed by atoms with Crippen LogP contribution in [0.25, 0.3) is 0 Å². The largest absolute Gasteiger partial charge is 0.466 e. The summed E-state index contributed by atoms with van der Waals surface area (Å²) < 4.78 is 41.2. The number of fused-ring (bicyclic) bond motifs is 6. The van der Waals surface area contributed by atoms with Crippen LogP contribution in [-0.4, -0.2) is 108 Å². The van der Waals surface area contributed by atoms with Crippen LogP contribution in [0.4, 0.5) is 0 Å². The molecule has 0 saturated carbocycles. The van der Waals surface area contributed by atoms with E-state index in [0.29, 0.717) is 19.3 Å². The number of carbonyl (C=O) groups is 3. The second kappa shape index (κ2) is 16.8. The molecule has 4 aliphatic rings. The molecule has 3 saturated heterocycles. The van der Waals surface area contributed by atoms with Gasteiger partial charge < -0.3 is 48.5 Å². The highest BCUT2D eigenvalue weighted by molar-refractivity contribution is 5.83. The van der Waals surface area contributed by atoms with Gasteiger partial charge in [-0.15, -0.1) is 6.58 Å². The maximum Gasteiger partial charge on any atom is 0.330 e. The van der Waals surface area contributed by atoms with Crippen molar-refractivity contribution >= 4 is 17.9 Å². The predicted molar refractivity (Wildman–Crippen MR) is 170 cm³/mol. The number of methoxy groups -OCH3 is 1. The minimum Gasteiger partial charge on any atom is -0.466 e. The predicted octanol–water partition coefficient (Wildman–Crippen LogP) is 2.93. The highest BCUT2D eigenvalue weighted by Gasteiger charge is 2.57. The van der Waals surface area contributed by atoms with Crippen LogP contribution in [0.15, 0.2) is 36.5 Å². The van der Waals surface area contributed by atoms with Crippen LogP contribution in [0.2, 0.25) is 0 Å². The van der Waals surface area contributed by atoms with Gasteiger partial charge >= 0.3 is 17.9 Å². The topological polar surface area (TPSA) is 177 Å². The van der Waals surface area contributed by atoms with Crippen molar-refractivity contribution in [3.05, 3.63) is 36.5 Å². The molecular formula is C35H52O13. The third-order valence-corrected chi connectivity index (χ3v) is 9.42. The summed E-state index contributed by atoms with van der Waals surface area (Å²) in [4.78, 5) is 37.7. The van der Waals surface area contributed by atoms with E-state index in [1.54, 1.807) is 32.1 Å². The van der Waals surface area contributed by atoms with Gasteiger partial charge in [0.25, 0.3) is 0 Å². The Morgan fingerprint density at radius 1 is 1.02 bits per heavy atom. The third-order valence-electron chi connectivity index (χ3n) is 9.42. The number of hydrogen-bond acceptors (Lipinski definition) is 13. The summed E-state index contributed by atoms with van der Waals surface area (Å²) >= 11 is 0. The zero-order chi connectivity index (χ0) is 35.1. The number of carbonyl (C=O) groups excluding carboxylic acids is 3. The summed E-state index contributed by atoms with van der Waals surface area (Å²) in [6, 6.07) is 0. The molecular weight excluding hydrogens is 628 g/mol.